The number of rotatable bonds is 8. The smallest absolute Gasteiger partial charge is 0.306 e. The highest BCUT2D eigenvalue weighted by Gasteiger charge is 2.36. The zero-order valence-corrected chi connectivity index (χ0v) is 10.3. The van der Waals surface area contributed by atoms with Gasteiger partial charge in [-0.1, -0.05) is 0 Å². The monoisotopic (exact) mass is 281 g/mol. The fourth-order valence-electron chi connectivity index (χ4n) is 1.50. The summed E-state index contributed by atoms with van der Waals surface area (Å²) >= 11 is 0. The maximum atomic E-state index is 10.9. The SMILES string of the molecule is CC(=O)N[C@@H]([C@H](O)[C@@H](O)[C@H](O)CO)[C@@H](O)CC(=O)O. The lowest BCUT2D eigenvalue weighted by Gasteiger charge is -2.31. The molecule has 0 rings (SSSR count). The molecule has 5 atom stereocenters. The standard InChI is InChI=1S/C10H19NO8/c1-4(13)11-8(5(14)2-7(16)17)10(19)9(18)6(15)3-12/h5-6,8-10,12,14-15,18-19H,2-3H2,1H3,(H,11,13)(H,16,17)/t5-,6+,8+,9-,10-/m0/s1. The minimum atomic E-state index is -1.86. The molecule has 0 unspecified atom stereocenters. The van der Waals surface area contributed by atoms with E-state index in [1.54, 1.807) is 0 Å². The molecule has 9 nitrogen and oxygen atoms in total. The fourth-order valence-corrected chi connectivity index (χ4v) is 1.50. The van der Waals surface area contributed by atoms with Crippen LogP contribution in [0.4, 0.5) is 0 Å². The second kappa shape index (κ2) is 8.02. The van der Waals surface area contributed by atoms with Crippen molar-refractivity contribution in [2.24, 2.45) is 0 Å². The quantitative estimate of drug-likeness (QED) is 0.239. The number of carboxylic acids is 1. The first-order valence-corrected chi connectivity index (χ1v) is 5.52. The number of aliphatic carboxylic acids is 1. The Morgan fingerprint density at radius 1 is 1.05 bits per heavy atom. The van der Waals surface area contributed by atoms with Gasteiger partial charge in [-0.15, -0.1) is 0 Å². The summed E-state index contributed by atoms with van der Waals surface area (Å²) in [6.45, 7) is 0.224. The summed E-state index contributed by atoms with van der Waals surface area (Å²) in [6, 6.07) is -1.50. The Bertz CT molecular complexity index is 310. The van der Waals surface area contributed by atoms with E-state index in [0.717, 1.165) is 6.92 Å². The van der Waals surface area contributed by atoms with Gasteiger partial charge in [-0.3, -0.25) is 9.59 Å². The molecule has 0 aliphatic heterocycles. The molecular formula is C10H19NO8. The molecule has 112 valence electrons. The van der Waals surface area contributed by atoms with Gasteiger partial charge in [0.1, 0.15) is 18.3 Å². The Balaban J connectivity index is 4.91. The minimum absolute atomic E-state index is 0.667. The summed E-state index contributed by atoms with van der Waals surface area (Å²) in [5.74, 6) is -2.04. The van der Waals surface area contributed by atoms with E-state index in [-0.39, 0.29) is 0 Å². The molecule has 0 spiro atoms. The molecule has 7 N–H and O–H groups in total. The van der Waals surface area contributed by atoms with Crippen LogP contribution in [0, 0.1) is 0 Å². The predicted octanol–water partition coefficient (Wildman–Crippen LogP) is -3.60. The molecule has 1 amide bonds. The molecule has 19 heavy (non-hydrogen) atoms. The normalized spacial score (nSPS) is 19.1. The first kappa shape index (κ1) is 17.7. The van der Waals surface area contributed by atoms with Crippen LogP contribution in [0.2, 0.25) is 0 Å². The van der Waals surface area contributed by atoms with Gasteiger partial charge >= 0.3 is 5.97 Å². The van der Waals surface area contributed by atoms with Crippen molar-refractivity contribution < 1.29 is 40.2 Å². The molecule has 0 saturated carbocycles. The third-order valence-electron chi connectivity index (χ3n) is 2.47. The zero-order chi connectivity index (χ0) is 15.2. The van der Waals surface area contributed by atoms with Crippen LogP contribution in [-0.2, 0) is 9.59 Å². The number of hydrogen-bond acceptors (Lipinski definition) is 7. The van der Waals surface area contributed by atoms with Gasteiger partial charge in [-0.2, -0.15) is 0 Å². The van der Waals surface area contributed by atoms with Gasteiger partial charge in [0, 0.05) is 6.92 Å². The minimum Gasteiger partial charge on any atom is -0.481 e. The molecule has 0 aromatic heterocycles. The highest BCUT2D eigenvalue weighted by atomic mass is 16.4. The number of carboxylic acid groups (broad SMARTS) is 1. The third-order valence-corrected chi connectivity index (χ3v) is 2.47. The van der Waals surface area contributed by atoms with Crippen LogP contribution in [0.1, 0.15) is 13.3 Å². The first-order chi connectivity index (χ1) is 8.70. The van der Waals surface area contributed by atoms with Crippen LogP contribution in [0.15, 0.2) is 0 Å². The first-order valence-electron chi connectivity index (χ1n) is 5.52. The predicted molar refractivity (Wildman–Crippen MR) is 61.0 cm³/mol. The van der Waals surface area contributed by atoms with E-state index < -0.39 is 55.4 Å². The van der Waals surface area contributed by atoms with Crippen molar-refractivity contribution in [1.82, 2.24) is 5.32 Å². The third kappa shape index (κ3) is 5.94. The molecule has 0 radical (unpaired) electrons. The lowest BCUT2D eigenvalue weighted by Crippen LogP contribution is -2.57. The van der Waals surface area contributed by atoms with Gasteiger partial charge in [-0.05, 0) is 0 Å². The average Bonchev–Trinajstić information content (AvgIpc) is 2.31. The van der Waals surface area contributed by atoms with Gasteiger partial charge in [0.2, 0.25) is 5.91 Å². The van der Waals surface area contributed by atoms with Gasteiger partial charge in [0.15, 0.2) is 0 Å². The highest BCUT2D eigenvalue weighted by molar-refractivity contribution is 5.73. The molecule has 0 aliphatic rings. The van der Waals surface area contributed by atoms with Crippen LogP contribution in [0.3, 0.4) is 0 Å². The van der Waals surface area contributed by atoms with E-state index in [2.05, 4.69) is 5.32 Å². The molecule has 0 bridgehead atoms. The number of amides is 1. The van der Waals surface area contributed by atoms with Crippen molar-refractivity contribution >= 4 is 11.9 Å². The molecule has 0 aromatic rings. The highest BCUT2D eigenvalue weighted by Crippen LogP contribution is 2.11. The molecule has 0 aromatic carbocycles. The van der Waals surface area contributed by atoms with Gasteiger partial charge in [-0.25, -0.2) is 0 Å². The van der Waals surface area contributed by atoms with Crippen molar-refractivity contribution in [2.75, 3.05) is 6.61 Å². The summed E-state index contributed by atoms with van der Waals surface area (Å²) < 4.78 is 0. The average molecular weight is 281 g/mol. The Kier molecular flexibility index (Phi) is 7.49. The largest absolute Gasteiger partial charge is 0.481 e. The fraction of sp³-hybridized carbons (Fsp3) is 0.800. The van der Waals surface area contributed by atoms with E-state index in [1.165, 1.54) is 0 Å². The Hall–Kier alpha value is -1.26. The Labute approximate surface area is 109 Å². The van der Waals surface area contributed by atoms with Crippen LogP contribution in [0.25, 0.3) is 0 Å². The maximum Gasteiger partial charge on any atom is 0.306 e. The maximum absolute atomic E-state index is 10.9. The van der Waals surface area contributed by atoms with Crippen LogP contribution in [0.5, 0.6) is 0 Å². The second-order valence-electron chi connectivity index (χ2n) is 4.12. The lowest BCUT2D eigenvalue weighted by molar-refractivity contribution is -0.143. The summed E-state index contributed by atoms with van der Waals surface area (Å²) in [7, 11) is 0. The van der Waals surface area contributed by atoms with Gasteiger partial charge < -0.3 is 36.0 Å². The zero-order valence-electron chi connectivity index (χ0n) is 10.3. The van der Waals surface area contributed by atoms with E-state index in [9.17, 15) is 30.0 Å². The van der Waals surface area contributed by atoms with Gasteiger partial charge in [0.05, 0.1) is 25.2 Å². The summed E-state index contributed by atoms with van der Waals surface area (Å²) in [5, 5.41) is 57.2. The summed E-state index contributed by atoms with van der Waals surface area (Å²) in [5.41, 5.74) is 0. The number of aliphatic hydroxyl groups excluding tert-OH is 5. The van der Waals surface area contributed by atoms with E-state index in [0.29, 0.717) is 0 Å². The summed E-state index contributed by atoms with van der Waals surface area (Å²) in [6.07, 6.45) is -7.84. The molecular weight excluding hydrogens is 262 g/mol. The molecule has 0 saturated heterocycles. The lowest BCUT2D eigenvalue weighted by atomic mass is 9.95. The number of carbonyl (C=O) groups is 2. The van der Waals surface area contributed by atoms with E-state index in [4.69, 9.17) is 10.2 Å². The van der Waals surface area contributed by atoms with Crippen molar-refractivity contribution in [1.29, 1.82) is 0 Å². The van der Waals surface area contributed by atoms with Crippen molar-refractivity contribution in [3.05, 3.63) is 0 Å². The Morgan fingerprint density at radius 3 is 1.95 bits per heavy atom. The van der Waals surface area contributed by atoms with Crippen LogP contribution < -0.4 is 5.32 Å². The Morgan fingerprint density at radius 2 is 1.58 bits per heavy atom. The molecule has 0 aliphatic carbocycles. The number of aliphatic hydroxyl groups is 5. The van der Waals surface area contributed by atoms with Crippen molar-refractivity contribution in [2.45, 2.75) is 43.8 Å². The van der Waals surface area contributed by atoms with Crippen molar-refractivity contribution in [3.8, 4) is 0 Å². The topological polar surface area (TPSA) is 168 Å². The van der Waals surface area contributed by atoms with Crippen LogP contribution >= 0.6 is 0 Å². The number of carbonyl (C=O) groups excluding carboxylic acids is 1. The van der Waals surface area contributed by atoms with E-state index >= 15 is 0 Å². The number of hydrogen-bond donors (Lipinski definition) is 7. The van der Waals surface area contributed by atoms with E-state index in [1.807, 2.05) is 0 Å². The van der Waals surface area contributed by atoms with Crippen molar-refractivity contribution in [3.63, 3.8) is 0 Å². The summed E-state index contributed by atoms with van der Waals surface area (Å²) in [4.78, 5) is 21.4. The second-order valence-corrected chi connectivity index (χ2v) is 4.12. The molecule has 0 fully saturated rings. The molecule has 0 heterocycles. The van der Waals surface area contributed by atoms with Crippen LogP contribution in [-0.4, -0.2) is 79.6 Å². The number of nitrogens with one attached hydrogen (secondary N) is 1. The molecule has 9 heteroatoms. The van der Waals surface area contributed by atoms with Gasteiger partial charge in [0.25, 0.3) is 0 Å².